The maximum absolute atomic E-state index is 12.3. The number of methoxy groups -OCH3 is 1. The summed E-state index contributed by atoms with van der Waals surface area (Å²) in [6, 6.07) is 10.0. The van der Waals surface area contributed by atoms with Crippen LogP contribution in [0.4, 0.5) is 16.3 Å². The van der Waals surface area contributed by atoms with E-state index in [4.69, 9.17) is 9.47 Å². The Morgan fingerprint density at radius 1 is 1.23 bits per heavy atom. The molecule has 0 bridgehead atoms. The number of carbonyl (C=O) groups is 2. The first-order valence-corrected chi connectivity index (χ1v) is 10.0. The van der Waals surface area contributed by atoms with E-state index in [1.807, 2.05) is 37.4 Å². The zero-order valence-corrected chi connectivity index (χ0v) is 17.4. The molecule has 2 aliphatic rings. The molecule has 2 aromatic rings. The van der Waals surface area contributed by atoms with Crippen LogP contribution in [0.3, 0.4) is 0 Å². The third-order valence-corrected chi connectivity index (χ3v) is 5.53. The van der Waals surface area contributed by atoms with E-state index in [2.05, 4.69) is 21.3 Å². The van der Waals surface area contributed by atoms with Crippen LogP contribution in [-0.2, 0) is 14.3 Å². The van der Waals surface area contributed by atoms with Crippen molar-refractivity contribution in [2.45, 2.75) is 26.1 Å². The summed E-state index contributed by atoms with van der Waals surface area (Å²) in [7, 11) is 1.73. The monoisotopic (exact) mass is 410 g/mol. The van der Waals surface area contributed by atoms with Crippen LogP contribution in [-0.4, -0.2) is 62.5 Å². The molecule has 0 spiro atoms. The van der Waals surface area contributed by atoms with Gasteiger partial charge in [-0.2, -0.15) is 0 Å². The molecule has 0 unspecified atom stereocenters. The molecule has 3 heterocycles. The van der Waals surface area contributed by atoms with Crippen LogP contribution >= 0.6 is 0 Å². The third-order valence-electron chi connectivity index (χ3n) is 5.53. The molecular weight excluding hydrogens is 384 g/mol. The molecule has 1 aromatic heterocycles. The predicted molar refractivity (Wildman–Crippen MR) is 114 cm³/mol. The van der Waals surface area contributed by atoms with Crippen molar-refractivity contribution >= 4 is 23.5 Å². The molecule has 1 atom stereocenters. The maximum atomic E-state index is 12.3. The normalized spacial score (nSPS) is 18.9. The summed E-state index contributed by atoms with van der Waals surface area (Å²) in [5.74, 6) is 0.808. The molecule has 0 aliphatic carbocycles. The second kappa shape index (κ2) is 8.31. The maximum Gasteiger partial charge on any atom is 0.414 e. The molecular formula is C22H26N4O4. The van der Waals surface area contributed by atoms with Crippen LogP contribution in [0.2, 0.25) is 0 Å². The van der Waals surface area contributed by atoms with Gasteiger partial charge in [0.05, 0.1) is 24.9 Å². The summed E-state index contributed by atoms with van der Waals surface area (Å²) >= 11 is 0. The van der Waals surface area contributed by atoms with Crippen LogP contribution in [0.5, 0.6) is 0 Å². The topological polar surface area (TPSA) is 84.0 Å². The molecule has 2 amide bonds. The molecule has 2 saturated heterocycles. The fourth-order valence-corrected chi connectivity index (χ4v) is 3.74. The number of nitrogens with zero attached hydrogens (tertiary/aromatic N) is 3. The van der Waals surface area contributed by atoms with Crippen LogP contribution in [0.1, 0.15) is 12.5 Å². The fourth-order valence-electron chi connectivity index (χ4n) is 3.74. The van der Waals surface area contributed by atoms with E-state index >= 15 is 0 Å². The lowest BCUT2D eigenvalue weighted by atomic mass is 10.0. The first kappa shape index (κ1) is 20.2. The van der Waals surface area contributed by atoms with Gasteiger partial charge in [-0.15, -0.1) is 0 Å². The summed E-state index contributed by atoms with van der Waals surface area (Å²) in [6.07, 6.45) is 1.42. The Labute approximate surface area is 175 Å². The molecule has 1 N–H and O–H groups in total. The number of aryl methyl sites for hydroxylation is 1. The fraction of sp³-hybridized carbons (Fsp3) is 0.409. The number of benzene rings is 1. The Bertz CT molecular complexity index is 941. The van der Waals surface area contributed by atoms with Crippen LogP contribution < -0.4 is 15.1 Å². The number of rotatable bonds is 6. The molecule has 4 rings (SSSR count). The smallest absolute Gasteiger partial charge is 0.414 e. The van der Waals surface area contributed by atoms with Crippen molar-refractivity contribution in [3.8, 4) is 11.1 Å². The quantitative estimate of drug-likeness (QED) is 0.787. The van der Waals surface area contributed by atoms with Gasteiger partial charge < -0.3 is 19.7 Å². The molecule has 8 nitrogen and oxygen atoms in total. The Morgan fingerprint density at radius 2 is 2.00 bits per heavy atom. The van der Waals surface area contributed by atoms with Crippen molar-refractivity contribution in [1.82, 2.24) is 10.3 Å². The number of hydrogen-bond acceptors (Lipinski definition) is 6. The number of carbonyl (C=O) groups excluding carboxylic acids is 2. The average Bonchev–Trinajstić information content (AvgIpc) is 3.06. The van der Waals surface area contributed by atoms with Crippen LogP contribution in [0, 0.1) is 6.92 Å². The highest BCUT2D eigenvalue weighted by Gasteiger charge is 2.33. The van der Waals surface area contributed by atoms with Crippen LogP contribution in [0.15, 0.2) is 36.5 Å². The van der Waals surface area contributed by atoms with Crippen molar-refractivity contribution in [3.63, 3.8) is 0 Å². The first-order valence-electron chi connectivity index (χ1n) is 10.0. The van der Waals surface area contributed by atoms with Crippen molar-refractivity contribution in [2.75, 3.05) is 43.1 Å². The number of nitrogens with one attached hydrogen (secondary N) is 1. The van der Waals surface area contributed by atoms with E-state index in [9.17, 15) is 9.59 Å². The minimum atomic E-state index is -0.392. The Kier molecular flexibility index (Phi) is 5.59. The number of amides is 2. The van der Waals surface area contributed by atoms with E-state index in [-0.39, 0.29) is 18.1 Å². The first-order chi connectivity index (χ1) is 14.4. The minimum absolute atomic E-state index is 0.141. The predicted octanol–water partition coefficient (Wildman–Crippen LogP) is 2.35. The SMILES string of the molecule is COC1CN(c2ccc(-c3ccc(N4C[C@H](CNC(C)=O)OC4=O)c(C)c3)cn2)C1. The lowest BCUT2D eigenvalue weighted by Gasteiger charge is -2.39. The lowest BCUT2D eigenvalue weighted by molar-refractivity contribution is -0.119. The van der Waals surface area contributed by atoms with Gasteiger partial charge in [0.2, 0.25) is 5.91 Å². The van der Waals surface area contributed by atoms with Crippen molar-refractivity contribution in [2.24, 2.45) is 0 Å². The molecule has 2 aliphatic heterocycles. The van der Waals surface area contributed by atoms with Gasteiger partial charge >= 0.3 is 6.09 Å². The van der Waals surface area contributed by atoms with Crippen molar-refractivity contribution in [1.29, 1.82) is 0 Å². The Balaban J connectivity index is 1.44. The Hall–Kier alpha value is -3.13. The van der Waals surface area contributed by atoms with Crippen LogP contribution in [0.25, 0.3) is 11.1 Å². The number of anilines is 2. The largest absolute Gasteiger partial charge is 0.442 e. The molecule has 8 heteroatoms. The van der Waals surface area contributed by atoms with Gasteiger partial charge in [-0.05, 0) is 42.3 Å². The second-order valence-electron chi connectivity index (χ2n) is 7.72. The zero-order chi connectivity index (χ0) is 21.3. The second-order valence-corrected chi connectivity index (χ2v) is 7.72. The van der Waals surface area contributed by atoms with Gasteiger partial charge in [-0.1, -0.05) is 6.07 Å². The van der Waals surface area contributed by atoms with Gasteiger partial charge in [-0.3, -0.25) is 9.69 Å². The van der Waals surface area contributed by atoms with E-state index in [0.717, 1.165) is 41.3 Å². The summed E-state index contributed by atoms with van der Waals surface area (Å²) in [4.78, 5) is 31.8. The van der Waals surface area contributed by atoms with Gasteiger partial charge in [0, 0.05) is 38.9 Å². The molecule has 158 valence electrons. The van der Waals surface area contributed by atoms with E-state index in [1.165, 1.54) is 6.92 Å². The third kappa shape index (κ3) is 4.09. The highest BCUT2D eigenvalue weighted by molar-refractivity contribution is 5.91. The zero-order valence-electron chi connectivity index (χ0n) is 17.4. The summed E-state index contributed by atoms with van der Waals surface area (Å²) < 4.78 is 10.7. The molecule has 0 saturated carbocycles. The van der Waals surface area contributed by atoms with Gasteiger partial charge in [-0.25, -0.2) is 9.78 Å². The van der Waals surface area contributed by atoms with Gasteiger partial charge in [0.15, 0.2) is 0 Å². The molecule has 30 heavy (non-hydrogen) atoms. The molecule has 0 radical (unpaired) electrons. The number of aromatic nitrogens is 1. The number of cyclic esters (lactones) is 1. The number of hydrogen-bond donors (Lipinski definition) is 1. The molecule has 1 aromatic carbocycles. The van der Waals surface area contributed by atoms with E-state index in [0.29, 0.717) is 13.1 Å². The highest BCUT2D eigenvalue weighted by Crippen LogP contribution is 2.30. The Morgan fingerprint density at radius 3 is 2.63 bits per heavy atom. The van der Waals surface area contributed by atoms with Crippen molar-refractivity contribution < 1.29 is 19.1 Å². The molecule has 2 fully saturated rings. The van der Waals surface area contributed by atoms with E-state index < -0.39 is 6.09 Å². The lowest BCUT2D eigenvalue weighted by Crippen LogP contribution is -2.52. The van der Waals surface area contributed by atoms with Gasteiger partial charge in [0.25, 0.3) is 0 Å². The summed E-state index contributed by atoms with van der Waals surface area (Å²) in [6.45, 7) is 5.87. The minimum Gasteiger partial charge on any atom is -0.442 e. The van der Waals surface area contributed by atoms with E-state index in [1.54, 1.807) is 12.0 Å². The summed E-state index contributed by atoms with van der Waals surface area (Å²) in [5.41, 5.74) is 3.84. The number of pyridine rings is 1. The van der Waals surface area contributed by atoms with Gasteiger partial charge in [0.1, 0.15) is 11.9 Å². The number of ether oxygens (including phenoxy) is 2. The average molecular weight is 410 g/mol. The highest BCUT2D eigenvalue weighted by atomic mass is 16.6. The van der Waals surface area contributed by atoms with Crippen molar-refractivity contribution in [3.05, 3.63) is 42.1 Å². The standard InChI is InChI=1S/C22H26N4O4/c1-14-8-16(17-5-7-21(24-9-17)25-11-19(12-25)29-3)4-6-20(14)26-13-18(30-22(26)28)10-23-15(2)27/h4-9,18-19H,10-13H2,1-3H3,(H,23,27)/t18-/m0/s1. The summed E-state index contributed by atoms with van der Waals surface area (Å²) in [5, 5.41) is 2.69.